The van der Waals surface area contributed by atoms with Crippen LogP contribution in [0.15, 0.2) is 0 Å². The third-order valence-electron chi connectivity index (χ3n) is 6.53. The Labute approximate surface area is 208 Å². The number of nitrogens with two attached hydrogens (primary N) is 1. The van der Waals surface area contributed by atoms with Crippen molar-refractivity contribution in [3.8, 4) is 12.1 Å². The lowest BCUT2D eigenvalue weighted by atomic mass is 9.89. The molecule has 0 amide bonds. The minimum Gasteiger partial charge on any atom is -0.389 e. The predicted molar refractivity (Wildman–Crippen MR) is 137 cm³/mol. The van der Waals surface area contributed by atoms with Crippen LogP contribution in [0.5, 0.6) is 0 Å². The van der Waals surface area contributed by atoms with E-state index in [1.807, 2.05) is 0 Å². The Morgan fingerprint density at radius 3 is 2.00 bits per heavy atom. The maximum absolute atomic E-state index is 9.31. The van der Waals surface area contributed by atoms with Crippen molar-refractivity contribution in [2.24, 2.45) is 0 Å². The van der Waals surface area contributed by atoms with Crippen molar-refractivity contribution in [3.63, 3.8) is 0 Å². The molecular formula is C24H27N5OS3. The van der Waals surface area contributed by atoms with Gasteiger partial charge in [-0.3, -0.25) is 0 Å². The van der Waals surface area contributed by atoms with Crippen molar-refractivity contribution >= 4 is 46.6 Å². The highest BCUT2D eigenvalue weighted by atomic mass is 32.1. The smallest absolute Gasteiger partial charge is 0.123 e. The van der Waals surface area contributed by atoms with Crippen molar-refractivity contribution < 1.29 is 4.74 Å². The van der Waals surface area contributed by atoms with Crippen LogP contribution in [0.3, 0.4) is 0 Å². The molecule has 5 rings (SSSR count). The lowest BCUT2D eigenvalue weighted by molar-refractivity contribution is 0.122. The Kier molecular flexibility index (Phi) is 7.77. The number of aromatic amines is 1. The summed E-state index contributed by atoms with van der Waals surface area (Å²) in [5, 5.41) is 18.9. The van der Waals surface area contributed by atoms with Crippen molar-refractivity contribution in [1.82, 2.24) is 4.98 Å². The van der Waals surface area contributed by atoms with Gasteiger partial charge in [0.05, 0.1) is 28.2 Å². The molecule has 33 heavy (non-hydrogen) atoms. The molecule has 0 saturated carbocycles. The van der Waals surface area contributed by atoms with Gasteiger partial charge in [-0.15, -0.1) is 11.3 Å². The first-order valence-electron chi connectivity index (χ1n) is 11.4. The number of nitriles is 2. The summed E-state index contributed by atoms with van der Waals surface area (Å²) >= 11 is 12.0. The van der Waals surface area contributed by atoms with E-state index in [0.29, 0.717) is 20.8 Å². The first-order chi connectivity index (χ1) is 16.0. The number of ether oxygens (including phenoxy) is 1. The van der Waals surface area contributed by atoms with Gasteiger partial charge in [0.15, 0.2) is 0 Å². The lowest BCUT2D eigenvalue weighted by Gasteiger charge is -2.32. The molecule has 0 radical (unpaired) electrons. The quantitative estimate of drug-likeness (QED) is 0.526. The summed E-state index contributed by atoms with van der Waals surface area (Å²) in [6, 6.07) is 4.46. The van der Waals surface area contributed by atoms with Gasteiger partial charge in [0.2, 0.25) is 0 Å². The average molecular weight is 498 g/mol. The number of hydrogen-bond acceptors (Lipinski definition) is 8. The van der Waals surface area contributed by atoms with Gasteiger partial charge in [0.1, 0.15) is 27.6 Å². The Morgan fingerprint density at radius 2 is 1.39 bits per heavy atom. The molecule has 6 nitrogen and oxygen atoms in total. The molecule has 1 aliphatic heterocycles. The molecule has 0 unspecified atom stereocenters. The van der Waals surface area contributed by atoms with Gasteiger partial charge in [-0.25, -0.2) is 0 Å². The molecule has 172 valence electrons. The molecular weight excluding hydrogens is 470 g/mol. The first-order valence-corrected chi connectivity index (χ1v) is 13.0. The molecule has 0 spiro atoms. The molecule has 0 bridgehead atoms. The van der Waals surface area contributed by atoms with Gasteiger partial charge in [-0.05, 0) is 73.6 Å². The van der Waals surface area contributed by atoms with Crippen molar-refractivity contribution in [2.45, 2.75) is 51.4 Å². The highest BCUT2D eigenvalue weighted by Crippen LogP contribution is 2.33. The molecule has 0 atom stereocenters. The number of morpholine rings is 1. The number of hydrogen-bond donors (Lipinski definition) is 2. The molecule has 3 heterocycles. The Hall–Kier alpha value is -2.30. The van der Waals surface area contributed by atoms with E-state index in [0.717, 1.165) is 80.0 Å². The fourth-order valence-corrected chi connectivity index (χ4v) is 6.47. The second-order valence-corrected chi connectivity index (χ2v) is 10.6. The number of nitrogens with zero attached hydrogens (tertiary/aromatic N) is 3. The molecule has 2 aromatic heterocycles. The van der Waals surface area contributed by atoms with Crippen LogP contribution in [0.1, 0.15) is 59.1 Å². The van der Waals surface area contributed by atoms with Crippen LogP contribution < -0.4 is 10.6 Å². The van der Waals surface area contributed by atoms with E-state index in [9.17, 15) is 5.26 Å². The van der Waals surface area contributed by atoms with Gasteiger partial charge in [0, 0.05) is 13.1 Å². The summed E-state index contributed by atoms with van der Waals surface area (Å²) in [6.07, 6.45) is 8.67. The van der Waals surface area contributed by atoms with Crippen LogP contribution in [-0.4, -0.2) is 31.3 Å². The van der Waals surface area contributed by atoms with Gasteiger partial charge in [0.25, 0.3) is 0 Å². The second kappa shape index (κ2) is 10.8. The Balaban J connectivity index is 0.000000165. The Bertz CT molecular complexity index is 1250. The third-order valence-corrected chi connectivity index (χ3v) is 8.19. The number of anilines is 2. The Morgan fingerprint density at radius 1 is 0.848 bits per heavy atom. The van der Waals surface area contributed by atoms with E-state index in [4.69, 9.17) is 40.2 Å². The molecule has 1 saturated heterocycles. The summed E-state index contributed by atoms with van der Waals surface area (Å²) in [7, 11) is 0. The first kappa shape index (κ1) is 23.8. The van der Waals surface area contributed by atoms with Gasteiger partial charge < -0.3 is 20.4 Å². The zero-order chi connectivity index (χ0) is 23.4. The highest BCUT2D eigenvalue weighted by molar-refractivity contribution is 7.73. The molecule has 9 heteroatoms. The third kappa shape index (κ3) is 4.97. The van der Waals surface area contributed by atoms with Crippen LogP contribution in [-0.2, 0) is 30.4 Å². The number of nitrogen functional groups attached to an aromatic ring is 1. The zero-order valence-electron chi connectivity index (χ0n) is 18.5. The fraction of sp³-hybridized carbons (Fsp3) is 0.500. The lowest BCUT2D eigenvalue weighted by Crippen LogP contribution is -2.38. The van der Waals surface area contributed by atoms with Gasteiger partial charge >= 0.3 is 0 Å². The largest absolute Gasteiger partial charge is 0.389 e. The molecule has 1 fully saturated rings. The minimum absolute atomic E-state index is 0.582. The highest BCUT2D eigenvalue weighted by Gasteiger charge is 2.23. The van der Waals surface area contributed by atoms with E-state index in [-0.39, 0.29) is 0 Å². The van der Waals surface area contributed by atoms with Crippen molar-refractivity contribution in [2.75, 3.05) is 36.9 Å². The fourth-order valence-electron chi connectivity index (χ4n) is 4.89. The van der Waals surface area contributed by atoms with Crippen molar-refractivity contribution in [1.29, 1.82) is 10.5 Å². The number of fused-ring (bicyclic) bond motifs is 2. The molecule has 2 aliphatic carbocycles. The summed E-state index contributed by atoms with van der Waals surface area (Å²) < 4.78 is 6.87. The van der Waals surface area contributed by atoms with E-state index in [2.05, 4.69) is 22.0 Å². The SMILES string of the molecule is N#Cc1c(N)sc(=S)c2c1CCCC2.N#Cc1c2c(c(N3CCOCC3)[nH]c1=S)CCCC2. The summed E-state index contributed by atoms with van der Waals surface area (Å²) in [6.45, 7) is 3.30. The van der Waals surface area contributed by atoms with Crippen molar-refractivity contribution in [3.05, 3.63) is 41.8 Å². The van der Waals surface area contributed by atoms with Gasteiger partial charge in [-0.1, -0.05) is 24.4 Å². The number of rotatable bonds is 1. The topological polar surface area (TPSA) is 102 Å². The van der Waals surface area contributed by atoms with Crippen LogP contribution in [0.25, 0.3) is 0 Å². The van der Waals surface area contributed by atoms with Crippen LogP contribution in [0.4, 0.5) is 10.8 Å². The number of aromatic nitrogens is 1. The number of pyridine rings is 1. The summed E-state index contributed by atoms with van der Waals surface area (Å²) in [4.78, 5) is 5.60. The zero-order valence-corrected chi connectivity index (χ0v) is 21.0. The predicted octanol–water partition coefficient (Wildman–Crippen LogP) is 5.14. The number of nitrogens with one attached hydrogen (secondary N) is 1. The van der Waals surface area contributed by atoms with E-state index in [1.165, 1.54) is 40.9 Å². The van der Waals surface area contributed by atoms with Crippen LogP contribution in [0.2, 0.25) is 0 Å². The average Bonchev–Trinajstić information content (AvgIpc) is 2.85. The maximum atomic E-state index is 9.31. The van der Waals surface area contributed by atoms with Crippen LogP contribution in [0, 0.1) is 31.1 Å². The molecule has 0 aromatic carbocycles. The van der Waals surface area contributed by atoms with E-state index < -0.39 is 0 Å². The molecule has 2 aromatic rings. The summed E-state index contributed by atoms with van der Waals surface area (Å²) in [5.41, 5.74) is 11.9. The molecule has 3 N–H and O–H groups in total. The monoisotopic (exact) mass is 497 g/mol. The summed E-state index contributed by atoms with van der Waals surface area (Å²) in [5.74, 6) is 1.13. The van der Waals surface area contributed by atoms with Crippen LogP contribution >= 0.6 is 35.8 Å². The maximum Gasteiger partial charge on any atom is 0.123 e. The molecule has 3 aliphatic rings. The van der Waals surface area contributed by atoms with E-state index in [1.54, 1.807) is 0 Å². The normalized spacial score (nSPS) is 17.0. The van der Waals surface area contributed by atoms with Gasteiger partial charge in [-0.2, -0.15) is 10.5 Å². The number of H-pyrrole nitrogens is 1. The van der Waals surface area contributed by atoms with E-state index >= 15 is 0 Å². The standard InChI is InChI=1S/C14H17N3OS.C10H10N2S2/c15-9-12-10-3-1-2-4-11(10)13(16-14(12)19)17-5-7-18-8-6-17;11-5-8-6-3-1-2-4-7(6)10(13)14-9(8)12/h1-8H2,(H,16,19);1-4,12H2. The second-order valence-electron chi connectivity index (χ2n) is 8.46. The minimum atomic E-state index is 0.582.